The lowest BCUT2D eigenvalue weighted by Gasteiger charge is -2.09. The maximum atomic E-state index is 13.7. The molecule has 0 unspecified atom stereocenters. The fourth-order valence-corrected chi connectivity index (χ4v) is 3.32. The molecule has 3 amide bonds. The highest BCUT2D eigenvalue weighted by Crippen LogP contribution is 2.17. The number of nitrogens with two attached hydrogens (primary N) is 1. The second-order valence-corrected chi connectivity index (χ2v) is 8.75. The van der Waals surface area contributed by atoms with Gasteiger partial charge in [-0.15, -0.1) is 0 Å². The van der Waals surface area contributed by atoms with Crippen molar-refractivity contribution < 1.29 is 23.8 Å². The van der Waals surface area contributed by atoms with Crippen LogP contribution in [0.15, 0.2) is 52.1 Å². The summed E-state index contributed by atoms with van der Waals surface area (Å²) in [6.07, 6.45) is -0.428. The van der Waals surface area contributed by atoms with E-state index in [0.29, 0.717) is 7.14 Å². The van der Waals surface area contributed by atoms with Crippen LogP contribution in [0.4, 0.5) is 25.1 Å². The smallest absolute Gasteiger partial charge is 0.334 e. The van der Waals surface area contributed by atoms with E-state index in [2.05, 4.69) is 5.32 Å². The summed E-state index contributed by atoms with van der Waals surface area (Å²) in [5.41, 5.74) is 4.12. The molecule has 2 aromatic carbocycles. The first-order valence-electron chi connectivity index (χ1n) is 9.02. The first-order valence-corrected chi connectivity index (χ1v) is 11.2. The van der Waals surface area contributed by atoms with Gasteiger partial charge in [0.1, 0.15) is 23.9 Å². The minimum absolute atomic E-state index is 0. The molecule has 11 nitrogen and oxygen atoms in total. The standard InChI is InChI=1S/2C10H7FIN3O2.CH4.H2O/c11-6-3-5(12)1-2-7(6)15-8(13)4-9(16)14-10(15)17;11-7-5-6(12)1-2-8(7)14-10(17)15-9(16)3-4-13;;/h1-4H,13H2,(H,14,16,17);1-2,5H,3H2,(H2,14,15,16,17);1H4;1H2. The average Bonchev–Trinajstić information content (AvgIpc) is 2.71. The first-order chi connectivity index (χ1) is 16.0. The maximum Gasteiger partial charge on any atom is 0.334 e. The molecule has 192 valence electrons. The topological polar surface area (TPSA) is 194 Å². The van der Waals surface area contributed by atoms with Gasteiger partial charge in [0, 0.05) is 13.2 Å². The molecule has 0 saturated heterocycles. The molecular weight excluding hydrogens is 708 g/mol. The number of carbonyl (C=O) groups excluding carboxylic acids is 2. The van der Waals surface area contributed by atoms with Gasteiger partial charge < -0.3 is 16.5 Å². The van der Waals surface area contributed by atoms with Gasteiger partial charge in [0.05, 0.1) is 17.4 Å². The molecule has 3 aromatic rings. The lowest BCUT2D eigenvalue weighted by Crippen LogP contribution is -2.34. The van der Waals surface area contributed by atoms with Crippen LogP contribution in [0.3, 0.4) is 0 Å². The third-order valence-corrected chi connectivity index (χ3v) is 5.13. The second kappa shape index (κ2) is 14.9. The Hall–Kier alpha value is -3.37. The van der Waals surface area contributed by atoms with Gasteiger partial charge in [-0.3, -0.25) is 19.9 Å². The molecule has 0 aliphatic carbocycles. The van der Waals surface area contributed by atoms with E-state index in [-0.39, 0.29) is 30.1 Å². The Bertz CT molecular complexity index is 1400. The number of carbonyl (C=O) groups is 2. The van der Waals surface area contributed by atoms with Crippen molar-refractivity contribution in [1.29, 1.82) is 5.26 Å². The third kappa shape index (κ3) is 9.35. The molecule has 0 bridgehead atoms. The number of hydrogen-bond donors (Lipinski definition) is 4. The summed E-state index contributed by atoms with van der Waals surface area (Å²) in [5, 5.41) is 12.3. The Labute approximate surface area is 230 Å². The molecule has 0 saturated carbocycles. The minimum atomic E-state index is -0.870. The number of H-pyrrole nitrogens is 1. The van der Waals surface area contributed by atoms with Crippen molar-refractivity contribution in [1.82, 2.24) is 14.9 Å². The molecule has 3 rings (SSSR count). The molecule has 0 aliphatic rings. The summed E-state index contributed by atoms with van der Waals surface area (Å²) in [6, 6.07) is 10.3. The average molecular weight is 728 g/mol. The van der Waals surface area contributed by atoms with Gasteiger partial charge in [-0.1, -0.05) is 7.43 Å². The van der Waals surface area contributed by atoms with Crippen LogP contribution in [-0.2, 0) is 4.79 Å². The summed E-state index contributed by atoms with van der Waals surface area (Å²) in [7, 11) is 0. The Morgan fingerprint density at radius 1 is 1.06 bits per heavy atom. The SMILES string of the molecule is C.N#CCC(=O)NC(=O)Nc1ccc(I)cc1F.Nc1cc(=O)[nH]c(=O)n1-c1ccc(I)cc1F.O. The predicted octanol–water partition coefficient (Wildman–Crippen LogP) is 2.66. The van der Waals surface area contributed by atoms with Crippen molar-refractivity contribution in [3.05, 3.63) is 82.1 Å². The van der Waals surface area contributed by atoms with Crippen LogP contribution in [0.2, 0.25) is 0 Å². The number of hydrogen-bond acceptors (Lipinski definition) is 6. The number of halogens is 4. The zero-order valence-electron chi connectivity index (χ0n) is 17.4. The Morgan fingerprint density at radius 3 is 2.17 bits per heavy atom. The molecule has 15 heteroatoms. The number of nitriles is 1. The molecule has 7 N–H and O–H groups in total. The van der Waals surface area contributed by atoms with E-state index in [4.69, 9.17) is 11.0 Å². The van der Waals surface area contributed by atoms with Crippen LogP contribution in [-0.4, -0.2) is 27.0 Å². The van der Waals surface area contributed by atoms with Gasteiger partial charge in [0.25, 0.3) is 5.56 Å². The minimum Gasteiger partial charge on any atom is -0.412 e. The summed E-state index contributed by atoms with van der Waals surface area (Å²) in [4.78, 5) is 46.7. The highest BCUT2D eigenvalue weighted by atomic mass is 127. The van der Waals surface area contributed by atoms with Gasteiger partial charge in [0.2, 0.25) is 5.91 Å². The van der Waals surface area contributed by atoms with Gasteiger partial charge in [0.15, 0.2) is 0 Å². The highest BCUT2D eigenvalue weighted by Gasteiger charge is 2.11. The molecule has 0 atom stereocenters. The van der Waals surface area contributed by atoms with Crippen molar-refractivity contribution in [3.63, 3.8) is 0 Å². The summed E-state index contributed by atoms with van der Waals surface area (Å²) in [5.74, 6) is -2.03. The number of urea groups is 1. The van der Waals surface area contributed by atoms with Gasteiger partial charge in [-0.05, 0) is 81.6 Å². The number of aromatic amines is 1. The fraction of sp³-hybridized carbons (Fsp3) is 0.0952. The Balaban J connectivity index is 0.000000645. The number of anilines is 2. The van der Waals surface area contributed by atoms with Gasteiger partial charge in [-0.2, -0.15) is 5.26 Å². The van der Waals surface area contributed by atoms with E-state index < -0.39 is 41.2 Å². The maximum absolute atomic E-state index is 13.7. The second-order valence-electron chi connectivity index (χ2n) is 6.26. The summed E-state index contributed by atoms with van der Waals surface area (Å²) < 4.78 is 29.3. The van der Waals surface area contributed by atoms with E-state index >= 15 is 0 Å². The van der Waals surface area contributed by atoms with Crippen molar-refractivity contribution in [2.45, 2.75) is 13.8 Å². The normalized spacial score (nSPS) is 9.31. The number of nitrogens with one attached hydrogen (secondary N) is 3. The molecule has 0 radical (unpaired) electrons. The van der Waals surface area contributed by atoms with Crippen LogP contribution in [0.1, 0.15) is 13.8 Å². The lowest BCUT2D eigenvalue weighted by atomic mass is 10.3. The van der Waals surface area contributed by atoms with Crippen LogP contribution in [0, 0.1) is 30.1 Å². The van der Waals surface area contributed by atoms with Crippen molar-refractivity contribution in [3.8, 4) is 11.8 Å². The van der Waals surface area contributed by atoms with Crippen LogP contribution in [0.25, 0.3) is 5.69 Å². The van der Waals surface area contributed by atoms with Crippen molar-refractivity contribution in [2.24, 2.45) is 0 Å². The number of amides is 3. The molecule has 36 heavy (non-hydrogen) atoms. The van der Waals surface area contributed by atoms with E-state index in [0.717, 1.165) is 10.6 Å². The number of nitrogen functional groups attached to an aromatic ring is 1. The monoisotopic (exact) mass is 728 g/mol. The molecule has 1 heterocycles. The zero-order chi connectivity index (χ0) is 25.4. The van der Waals surface area contributed by atoms with Crippen molar-refractivity contribution in [2.75, 3.05) is 11.1 Å². The zero-order valence-corrected chi connectivity index (χ0v) is 21.7. The van der Waals surface area contributed by atoms with Crippen LogP contribution >= 0.6 is 45.2 Å². The van der Waals surface area contributed by atoms with E-state index in [1.807, 2.05) is 55.5 Å². The molecule has 1 aromatic heterocycles. The number of imide groups is 1. The summed E-state index contributed by atoms with van der Waals surface area (Å²) >= 11 is 3.88. The van der Waals surface area contributed by atoms with Gasteiger partial charge >= 0.3 is 11.7 Å². The molecule has 0 aliphatic heterocycles. The van der Waals surface area contributed by atoms with Crippen molar-refractivity contribution >= 4 is 68.6 Å². The third-order valence-electron chi connectivity index (χ3n) is 3.79. The Morgan fingerprint density at radius 2 is 1.64 bits per heavy atom. The molecule has 0 fully saturated rings. The quantitative estimate of drug-likeness (QED) is 0.300. The summed E-state index contributed by atoms with van der Waals surface area (Å²) in [6.45, 7) is 0. The largest absolute Gasteiger partial charge is 0.412 e. The van der Waals surface area contributed by atoms with Gasteiger partial charge in [-0.25, -0.2) is 22.9 Å². The fourth-order valence-electron chi connectivity index (χ4n) is 2.41. The van der Waals surface area contributed by atoms with E-state index in [1.165, 1.54) is 24.3 Å². The number of nitrogens with zero attached hydrogens (tertiary/aromatic N) is 2. The Kier molecular flexibility index (Phi) is 13.5. The van der Waals surface area contributed by atoms with Crippen LogP contribution in [0.5, 0.6) is 0 Å². The van der Waals surface area contributed by atoms with Crippen LogP contribution < -0.4 is 27.6 Å². The number of aromatic nitrogens is 2. The number of benzene rings is 2. The first kappa shape index (κ1) is 32.6. The lowest BCUT2D eigenvalue weighted by molar-refractivity contribution is -0.118. The van der Waals surface area contributed by atoms with E-state index in [9.17, 15) is 28.0 Å². The number of rotatable bonds is 3. The van der Waals surface area contributed by atoms with E-state index in [1.54, 1.807) is 18.2 Å². The highest BCUT2D eigenvalue weighted by molar-refractivity contribution is 14.1. The predicted molar refractivity (Wildman–Crippen MR) is 147 cm³/mol. The molecule has 0 spiro atoms. The molecular formula is C21H20F2I2N6O5.